The van der Waals surface area contributed by atoms with E-state index in [1.165, 1.54) is 11.1 Å². The molecular formula is C16H17BrClN. The first-order valence-electron chi connectivity index (χ1n) is 6.42. The molecule has 1 unspecified atom stereocenters. The predicted octanol–water partition coefficient (Wildman–Crippen LogP) is 5.00. The van der Waals surface area contributed by atoms with Gasteiger partial charge >= 0.3 is 0 Å². The molecule has 1 atom stereocenters. The second kappa shape index (κ2) is 7.09. The van der Waals surface area contributed by atoms with Gasteiger partial charge in [0.25, 0.3) is 0 Å². The zero-order valence-corrected chi connectivity index (χ0v) is 13.2. The normalized spacial score (nSPS) is 12.4. The molecule has 1 nitrogen and oxygen atoms in total. The maximum absolute atomic E-state index is 6.08. The van der Waals surface area contributed by atoms with Gasteiger partial charge in [0.2, 0.25) is 0 Å². The summed E-state index contributed by atoms with van der Waals surface area (Å²) < 4.78 is 1.11. The molecule has 0 spiro atoms. The van der Waals surface area contributed by atoms with Crippen LogP contribution in [0.1, 0.15) is 24.1 Å². The summed E-state index contributed by atoms with van der Waals surface area (Å²) in [7, 11) is 0. The van der Waals surface area contributed by atoms with E-state index in [0.717, 1.165) is 22.5 Å². The average Bonchev–Trinajstić information content (AvgIpc) is 2.41. The predicted molar refractivity (Wildman–Crippen MR) is 85.7 cm³/mol. The molecule has 0 heterocycles. The summed E-state index contributed by atoms with van der Waals surface area (Å²) in [5, 5.41) is 4.31. The van der Waals surface area contributed by atoms with E-state index in [0.29, 0.717) is 6.04 Å². The van der Waals surface area contributed by atoms with E-state index < -0.39 is 0 Å². The van der Waals surface area contributed by atoms with E-state index in [4.69, 9.17) is 11.6 Å². The molecule has 0 aliphatic rings. The van der Waals surface area contributed by atoms with Crippen LogP contribution in [0.25, 0.3) is 0 Å². The number of halogens is 2. The third-order valence-electron chi connectivity index (χ3n) is 3.05. The van der Waals surface area contributed by atoms with Crippen molar-refractivity contribution >= 4 is 27.5 Å². The van der Waals surface area contributed by atoms with Crippen LogP contribution in [0.15, 0.2) is 53.0 Å². The molecule has 0 saturated carbocycles. The van der Waals surface area contributed by atoms with Crippen LogP contribution >= 0.6 is 27.5 Å². The van der Waals surface area contributed by atoms with Gasteiger partial charge in [-0.1, -0.05) is 58.7 Å². The van der Waals surface area contributed by atoms with Crippen LogP contribution in [0, 0.1) is 0 Å². The Labute approximate surface area is 128 Å². The highest BCUT2D eigenvalue weighted by Crippen LogP contribution is 2.22. The fourth-order valence-corrected chi connectivity index (χ4v) is 2.60. The lowest BCUT2D eigenvalue weighted by Gasteiger charge is -2.19. The van der Waals surface area contributed by atoms with Gasteiger partial charge in [-0.3, -0.25) is 0 Å². The molecule has 0 aromatic heterocycles. The van der Waals surface area contributed by atoms with Crippen molar-refractivity contribution in [3.8, 4) is 0 Å². The van der Waals surface area contributed by atoms with E-state index in [1.54, 1.807) is 0 Å². The van der Waals surface area contributed by atoms with Crippen LogP contribution in [0.4, 0.5) is 0 Å². The van der Waals surface area contributed by atoms with Crippen LogP contribution in [0.5, 0.6) is 0 Å². The number of nitrogens with one attached hydrogen (secondary N) is 1. The van der Waals surface area contributed by atoms with Gasteiger partial charge in [0.1, 0.15) is 0 Å². The second-order valence-corrected chi connectivity index (χ2v) is 5.85. The van der Waals surface area contributed by atoms with Gasteiger partial charge in [0.15, 0.2) is 0 Å². The molecule has 0 radical (unpaired) electrons. The number of hydrogen-bond donors (Lipinski definition) is 1. The minimum absolute atomic E-state index is 0.296. The molecule has 2 rings (SSSR count). The number of rotatable bonds is 5. The summed E-state index contributed by atoms with van der Waals surface area (Å²) in [6.45, 7) is 3.06. The maximum Gasteiger partial charge on any atom is 0.0409 e. The first kappa shape index (κ1) is 14.6. The average molecular weight is 339 g/mol. The van der Waals surface area contributed by atoms with Crippen molar-refractivity contribution in [2.45, 2.75) is 19.4 Å². The Morgan fingerprint density at radius 1 is 1.16 bits per heavy atom. The zero-order chi connectivity index (χ0) is 13.7. The molecule has 0 amide bonds. The van der Waals surface area contributed by atoms with Crippen molar-refractivity contribution in [1.82, 2.24) is 5.32 Å². The molecule has 0 saturated heterocycles. The van der Waals surface area contributed by atoms with Gasteiger partial charge in [-0.05, 0) is 48.4 Å². The molecular weight excluding hydrogens is 322 g/mol. The van der Waals surface area contributed by atoms with Crippen LogP contribution in [0.3, 0.4) is 0 Å². The lowest BCUT2D eigenvalue weighted by Crippen LogP contribution is -2.22. The lowest BCUT2D eigenvalue weighted by molar-refractivity contribution is 0.550. The molecule has 1 N–H and O–H groups in total. The molecule has 0 bridgehead atoms. The topological polar surface area (TPSA) is 12.0 Å². The van der Waals surface area contributed by atoms with Gasteiger partial charge in [0, 0.05) is 15.5 Å². The Morgan fingerprint density at radius 2 is 1.89 bits per heavy atom. The van der Waals surface area contributed by atoms with E-state index in [2.05, 4.69) is 58.5 Å². The SMILES string of the molecule is CCNC(Cc1ccc(Br)cc1)c1cccc(Cl)c1. The lowest BCUT2D eigenvalue weighted by atomic mass is 9.99. The molecule has 0 aliphatic heterocycles. The Kier molecular flexibility index (Phi) is 5.44. The minimum atomic E-state index is 0.296. The number of likely N-dealkylation sites (N-methyl/N-ethyl adjacent to an activating group) is 1. The summed E-state index contributed by atoms with van der Waals surface area (Å²) in [5.41, 5.74) is 2.55. The van der Waals surface area contributed by atoms with E-state index in [1.807, 2.05) is 18.2 Å². The van der Waals surface area contributed by atoms with Crippen LogP contribution in [0.2, 0.25) is 5.02 Å². The summed E-state index contributed by atoms with van der Waals surface area (Å²) in [6.07, 6.45) is 0.960. The molecule has 2 aromatic rings. The van der Waals surface area contributed by atoms with Crippen molar-refractivity contribution in [3.63, 3.8) is 0 Å². The Bertz CT molecular complexity index is 525. The summed E-state index contributed by atoms with van der Waals surface area (Å²) in [5.74, 6) is 0. The molecule has 19 heavy (non-hydrogen) atoms. The summed E-state index contributed by atoms with van der Waals surface area (Å²) in [4.78, 5) is 0. The molecule has 0 aliphatic carbocycles. The summed E-state index contributed by atoms with van der Waals surface area (Å²) in [6, 6.07) is 16.8. The monoisotopic (exact) mass is 337 g/mol. The largest absolute Gasteiger partial charge is 0.310 e. The van der Waals surface area contributed by atoms with E-state index in [-0.39, 0.29) is 0 Å². The molecule has 3 heteroatoms. The third kappa shape index (κ3) is 4.34. The van der Waals surface area contributed by atoms with Gasteiger partial charge in [-0.2, -0.15) is 0 Å². The molecule has 100 valence electrons. The first-order valence-corrected chi connectivity index (χ1v) is 7.59. The second-order valence-electron chi connectivity index (χ2n) is 4.50. The van der Waals surface area contributed by atoms with Gasteiger partial charge in [-0.15, -0.1) is 0 Å². The summed E-state index contributed by atoms with van der Waals surface area (Å²) >= 11 is 9.54. The zero-order valence-electron chi connectivity index (χ0n) is 10.9. The molecule has 2 aromatic carbocycles. The Morgan fingerprint density at radius 3 is 2.53 bits per heavy atom. The van der Waals surface area contributed by atoms with Crippen LogP contribution < -0.4 is 5.32 Å². The quantitative estimate of drug-likeness (QED) is 0.809. The van der Waals surface area contributed by atoms with Crippen molar-refractivity contribution in [3.05, 3.63) is 69.2 Å². The highest BCUT2D eigenvalue weighted by Gasteiger charge is 2.11. The smallest absolute Gasteiger partial charge is 0.0409 e. The molecule has 0 fully saturated rings. The standard InChI is InChI=1S/C16H17BrClN/c1-2-19-16(13-4-3-5-15(18)11-13)10-12-6-8-14(17)9-7-12/h3-9,11,16,19H,2,10H2,1H3. The minimum Gasteiger partial charge on any atom is -0.310 e. The van der Waals surface area contributed by atoms with Crippen molar-refractivity contribution in [2.75, 3.05) is 6.54 Å². The highest BCUT2D eigenvalue weighted by atomic mass is 79.9. The Hall–Kier alpha value is -0.830. The van der Waals surface area contributed by atoms with E-state index in [9.17, 15) is 0 Å². The van der Waals surface area contributed by atoms with Crippen LogP contribution in [-0.4, -0.2) is 6.54 Å². The van der Waals surface area contributed by atoms with Gasteiger partial charge in [-0.25, -0.2) is 0 Å². The fraction of sp³-hybridized carbons (Fsp3) is 0.250. The van der Waals surface area contributed by atoms with E-state index >= 15 is 0 Å². The Balaban J connectivity index is 2.18. The number of hydrogen-bond acceptors (Lipinski definition) is 1. The third-order valence-corrected chi connectivity index (χ3v) is 3.82. The van der Waals surface area contributed by atoms with Crippen molar-refractivity contribution in [2.24, 2.45) is 0 Å². The fourth-order valence-electron chi connectivity index (χ4n) is 2.13. The van der Waals surface area contributed by atoms with Crippen LogP contribution in [-0.2, 0) is 6.42 Å². The van der Waals surface area contributed by atoms with Crippen molar-refractivity contribution < 1.29 is 0 Å². The number of benzene rings is 2. The highest BCUT2D eigenvalue weighted by molar-refractivity contribution is 9.10. The maximum atomic E-state index is 6.08. The van der Waals surface area contributed by atoms with Crippen molar-refractivity contribution in [1.29, 1.82) is 0 Å². The van der Waals surface area contributed by atoms with Gasteiger partial charge < -0.3 is 5.32 Å². The van der Waals surface area contributed by atoms with Gasteiger partial charge in [0.05, 0.1) is 0 Å². The first-order chi connectivity index (χ1) is 9.19.